The molecule has 1 aliphatic heterocycles. The first-order chi connectivity index (χ1) is 15.5. The molecule has 0 amide bonds. The van der Waals surface area contributed by atoms with E-state index in [0.29, 0.717) is 12.2 Å². The monoisotopic (exact) mass is 476 g/mol. The Morgan fingerprint density at radius 1 is 1.15 bits per heavy atom. The van der Waals surface area contributed by atoms with Crippen LogP contribution in [-0.4, -0.2) is 56.2 Å². The molecule has 0 saturated carbocycles. The molecular weight excluding hydrogens is 444 g/mol. The van der Waals surface area contributed by atoms with E-state index in [-0.39, 0.29) is 30.8 Å². The summed E-state index contributed by atoms with van der Waals surface area (Å²) in [5.41, 5.74) is 8.73. The maximum atomic E-state index is 12.9. The molecule has 2 aromatic rings. The number of halogens is 1. The quantitative estimate of drug-likeness (QED) is 0.274. The second-order valence-electron chi connectivity index (χ2n) is 7.55. The molecule has 0 aliphatic carbocycles. The van der Waals surface area contributed by atoms with E-state index in [9.17, 15) is 4.79 Å². The van der Waals surface area contributed by atoms with Gasteiger partial charge in [-0.1, -0.05) is 6.07 Å². The van der Waals surface area contributed by atoms with Gasteiger partial charge in [0.1, 0.15) is 11.6 Å². The average molecular weight is 477 g/mol. The van der Waals surface area contributed by atoms with Crippen LogP contribution in [0.15, 0.2) is 42.5 Å². The zero-order chi connectivity index (χ0) is 22.9. The van der Waals surface area contributed by atoms with Crippen molar-refractivity contribution in [1.29, 1.82) is 5.41 Å². The number of hydrogen-bond acceptors (Lipinski definition) is 7. The van der Waals surface area contributed by atoms with Crippen LogP contribution in [0, 0.1) is 5.41 Å². The summed E-state index contributed by atoms with van der Waals surface area (Å²) in [6.45, 7) is 8.48. The van der Waals surface area contributed by atoms with Crippen molar-refractivity contribution in [2.24, 2.45) is 5.73 Å². The van der Waals surface area contributed by atoms with E-state index in [2.05, 4.69) is 10.2 Å². The van der Waals surface area contributed by atoms with E-state index < -0.39 is 6.04 Å². The zero-order valence-electron chi connectivity index (χ0n) is 19.1. The number of morpholine rings is 1. The first-order valence-electron chi connectivity index (χ1n) is 10.9. The molecule has 8 nitrogen and oxygen atoms in total. The van der Waals surface area contributed by atoms with Gasteiger partial charge in [-0.15, -0.1) is 12.4 Å². The van der Waals surface area contributed by atoms with Gasteiger partial charge in [-0.25, -0.2) is 4.79 Å². The van der Waals surface area contributed by atoms with Crippen LogP contribution in [0.1, 0.15) is 36.6 Å². The highest BCUT2D eigenvalue weighted by molar-refractivity contribution is 5.95. The van der Waals surface area contributed by atoms with Crippen molar-refractivity contribution >= 4 is 29.9 Å². The molecule has 0 radical (unpaired) electrons. The Bertz CT molecular complexity index is 917. The fourth-order valence-electron chi connectivity index (χ4n) is 3.63. The normalized spacial score (nSPS) is 14.6. The number of hydrogen-bond donors (Lipinski definition) is 3. The number of esters is 1. The predicted octanol–water partition coefficient (Wildman–Crippen LogP) is 3.34. The molecule has 0 aromatic heterocycles. The largest absolute Gasteiger partial charge is 0.494 e. The van der Waals surface area contributed by atoms with Crippen molar-refractivity contribution < 1.29 is 19.0 Å². The van der Waals surface area contributed by atoms with Crippen LogP contribution >= 0.6 is 12.4 Å². The number of amidine groups is 1. The van der Waals surface area contributed by atoms with E-state index in [1.807, 2.05) is 25.1 Å². The van der Waals surface area contributed by atoms with Gasteiger partial charge in [-0.3, -0.25) is 10.3 Å². The minimum atomic E-state index is -0.707. The van der Waals surface area contributed by atoms with E-state index in [0.717, 1.165) is 55.4 Å². The molecule has 1 aliphatic rings. The lowest BCUT2D eigenvalue weighted by Gasteiger charge is -2.27. The Morgan fingerprint density at radius 3 is 2.45 bits per heavy atom. The van der Waals surface area contributed by atoms with Crippen LogP contribution in [0.2, 0.25) is 0 Å². The maximum absolute atomic E-state index is 12.9. The second kappa shape index (κ2) is 13.0. The Labute approximate surface area is 201 Å². The van der Waals surface area contributed by atoms with E-state index in [1.54, 1.807) is 31.2 Å². The molecule has 1 atom stereocenters. The molecule has 1 heterocycles. The summed E-state index contributed by atoms with van der Waals surface area (Å²) in [6.07, 6.45) is 0. The first-order valence-corrected chi connectivity index (χ1v) is 10.9. The summed E-state index contributed by atoms with van der Waals surface area (Å²) < 4.78 is 16.6. The van der Waals surface area contributed by atoms with Gasteiger partial charge in [0, 0.05) is 30.9 Å². The highest BCUT2D eigenvalue weighted by Crippen LogP contribution is 2.27. The fourth-order valence-corrected chi connectivity index (χ4v) is 3.63. The first kappa shape index (κ1) is 26.4. The van der Waals surface area contributed by atoms with Gasteiger partial charge in [0.25, 0.3) is 0 Å². The van der Waals surface area contributed by atoms with Crippen molar-refractivity contribution in [1.82, 2.24) is 4.90 Å². The van der Waals surface area contributed by atoms with Crippen molar-refractivity contribution in [3.8, 4) is 5.75 Å². The van der Waals surface area contributed by atoms with Crippen molar-refractivity contribution in [2.45, 2.75) is 26.4 Å². The number of benzene rings is 2. The lowest BCUT2D eigenvalue weighted by Crippen LogP contribution is -2.35. The third kappa shape index (κ3) is 7.63. The Hall–Kier alpha value is -2.81. The minimum absolute atomic E-state index is 0. The third-order valence-electron chi connectivity index (χ3n) is 5.17. The molecule has 3 rings (SSSR count). The summed E-state index contributed by atoms with van der Waals surface area (Å²) in [5.74, 6) is 0.348. The molecular formula is C24H33ClN4O4. The molecule has 1 fully saturated rings. The van der Waals surface area contributed by atoms with Crippen LogP contribution in [0.25, 0.3) is 0 Å². The third-order valence-corrected chi connectivity index (χ3v) is 5.17. The molecule has 1 unspecified atom stereocenters. The van der Waals surface area contributed by atoms with E-state index in [4.69, 9.17) is 25.4 Å². The van der Waals surface area contributed by atoms with Crippen LogP contribution in [0.4, 0.5) is 5.69 Å². The summed E-state index contributed by atoms with van der Waals surface area (Å²) in [4.78, 5) is 15.2. The van der Waals surface area contributed by atoms with E-state index in [1.165, 1.54) is 0 Å². The standard InChI is InChI=1S/C24H32N4O4.ClH/c1-3-31-21-14-17(16-28-9-11-30-12-10-28)13-19(15-21)22(24(29)32-4-2)27-20-7-5-18(6-8-20)23(25)26;/h5-8,13-15,22,27H,3-4,9-12,16H2,1-2H3,(H3,25,26);1H. The minimum Gasteiger partial charge on any atom is -0.494 e. The number of ether oxygens (including phenoxy) is 3. The number of nitrogens with zero attached hydrogens (tertiary/aromatic N) is 1. The number of carbonyl (C=O) groups is 1. The van der Waals surface area contributed by atoms with Gasteiger partial charge < -0.3 is 25.3 Å². The van der Waals surface area contributed by atoms with Crippen LogP contribution < -0.4 is 15.8 Å². The second-order valence-corrected chi connectivity index (χ2v) is 7.55. The number of nitrogens with two attached hydrogens (primary N) is 1. The van der Waals surface area contributed by atoms with Gasteiger partial charge in [0.2, 0.25) is 0 Å². The molecule has 180 valence electrons. The number of carbonyl (C=O) groups excluding carboxylic acids is 1. The summed E-state index contributed by atoms with van der Waals surface area (Å²) in [6, 6.07) is 12.3. The number of nitrogens with one attached hydrogen (secondary N) is 2. The van der Waals surface area contributed by atoms with Crippen LogP contribution in [0.5, 0.6) is 5.75 Å². The fraction of sp³-hybridized carbons (Fsp3) is 0.417. The van der Waals surface area contributed by atoms with Gasteiger partial charge >= 0.3 is 5.97 Å². The summed E-state index contributed by atoms with van der Waals surface area (Å²) >= 11 is 0. The van der Waals surface area contributed by atoms with Gasteiger partial charge in [-0.2, -0.15) is 0 Å². The molecule has 0 spiro atoms. The zero-order valence-corrected chi connectivity index (χ0v) is 20.0. The number of nitrogen functional groups attached to an aromatic ring is 1. The van der Waals surface area contributed by atoms with Crippen LogP contribution in [-0.2, 0) is 20.8 Å². The molecule has 2 aromatic carbocycles. The molecule has 1 saturated heterocycles. The number of rotatable bonds is 10. The maximum Gasteiger partial charge on any atom is 0.333 e. The summed E-state index contributed by atoms with van der Waals surface area (Å²) in [5, 5.41) is 10.8. The van der Waals surface area contributed by atoms with Crippen molar-refractivity contribution in [3.63, 3.8) is 0 Å². The van der Waals surface area contributed by atoms with Gasteiger partial charge in [0.05, 0.1) is 26.4 Å². The molecule has 33 heavy (non-hydrogen) atoms. The smallest absolute Gasteiger partial charge is 0.333 e. The molecule has 0 bridgehead atoms. The van der Waals surface area contributed by atoms with Gasteiger partial charge in [-0.05, 0) is 61.4 Å². The highest BCUT2D eigenvalue weighted by atomic mass is 35.5. The van der Waals surface area contributed by atoms with Crippen LogP contribution in [0.3, 0.4) is 0 Å². The summed E-state index contributed by atoms with van der Waals surface area (Å²) in [7, 11) is 0. The highest BCUT2D eigenvalue weighted by Gasteiger charge is 2.24. The van der Waals surface area contributed by atoms with Gasteiger partial charge in [0.15, 0.2) is 6.04 Å². The SMILES string of the molecule is CCOC(=O)C(Nc1ccc(C(=N)N)cc1)c1cc(CN2CCOCC2)cc(OCC)c1.Cl. The lowest BCUT2D eigenvalue weighted by molar-refractivity contribution is -0.144. The van der Waals surface area contributed by atoms with E-state index >= 15 is 0 Å². The van der Waals surface area contributed by atoms with Crippen molar-refractivity contribution in [2.75, 3.05) is 44.8 Å². The molecule has 9 heteroatoms. The lowest BCUT2D eigenvalue weighted by atomic mass is 10.0. The Kier molecular flexibility index (Phi) is 10.4. The Morgan fingerprint density at radius 2 is 1.85 bits per heavy atom. The topological polar surface area (TPSA) is 110 Å². The molecule has 4 N–H and O–H groups in total. The predicted molar refractivity (Wildman–Crippen MR) is 131 cm³/mol. The Balaban J connectivity index is 0.00000385. The van der Waals surface area contributed by atoms with Crippen molar-refractivity contribution in [3.05, 3.63) is 59.2 Å². The average Bonchev–Trinajstić information content (AvgIpc) is 2.78. The number of anilines is 1.